The van der Waals surface area contributed by atoms with Crippen LogP contribution >= 0.6 is 11.8 Å². The van der Waals surface area contributed by atoms with E-state index in [0.717, 1.165) is 43.4 Å². The van der Waals surface area contributed by atoms with Crippen molar-refractivity contribution in [2.45, 2.75) is 11.4 Å². The highest BCUT2D eigenvalue weighted by atomic mass is 32.2. The van der Waals surface area contributed by atoms with Gasteiger partial charge in [0, 0.05) is 31.6 Å². The SMILES string of the molecule is COC(=O)C1=NN(C)c2ccc(CN3CCOCC3)cc2S1. The molecule has 1 saturated heterocycles. The molecule has 0 N–H and O–H groups in total. The fourth-order valence-corrected chi connectivity index (χ4v) is 3.56. The van der Waals surface area contributed by atoms with Crippen LogP contribution in [0.5, 0.6) is 0 Å². The Morgan fingerprint density at radius 1 is 1.41 bits per heavy atom. The number of carbonyl (C=O) groups excluding carboxylic acids is 1. The maximum absolute atomic E-state index is 11.7. The number of anilines is 1. The van der Waals surface area contributed by atoms with E-state index < -0.39 is 5.97 Å². The first-order valence-electron chi connectivity index (χ1n) is 7.19. The van der Waals surface area contributed by atoms with Crippen molar-refractivity contribution in [2.75, 3.05) is 45.5 Å². The minimum absolute atomic E-state index is 0.362. The van der Waals surface area contributed by atoms with Crippen LogP contribution in [0.25, 0.3) is 0 Å². The molecule has 2 aliphatic heterocycles. The summed E-state index contributed by atoms with van der Waals surface area (Å²) in [7, 11) is 3.21. The molecule has 2 heterocycles. The summed E-state index contributed by atoms with van der Waals surface area (Å²) in [4.78, 5) is 15.1. The number of hydrazone groups is 1. The molecule has 0 amide bonds. The van der Waals surface area contributed by atoms with Crippen LogP contribution in [-0.4, -0.2) is 56.4 Å². The van der Waals surface area contributed by atoms with Crippen LogP contribution in [0.4, 0.5) is 5.69 Å². The molecule has 0 atom stereocenters. The van der Waals surface area contributed by atoms with Gasteiger partial charge in [-0.15, -0.1) is 0 Å². The van der Waals surface area contributed by atoms with Gasteiger partial charge >= 0.3 is 5.97 Å². The summed E-state index contributed by atoms with van der Waals surface area (Å²) < 4.78 is 10.1. The molecule has 0 radical (unpaired) electrons. The zero-order chi connectivity index (χ0) is 15.5. The van der Waals surface area contributed by atoms with E-state index in [1.54, 1.807) is 5.01 Å². The Balaban J connectivity index is 1.77. The van der Waals surface area contributed by atoms with Crippen LogP contribution in [0, 0.1) is 0 Å². The molecule has 0 aromatic heterocycles. The highest BCUT2D eigenvalue weighted by molar-refractivity contribution is 8.15. The predicted octanol–water partition coefficient (Wildman–Crippen LogP) is 1.55. The Morgan fingerprint density at radius 3 is 2.91 bits per heavy atom. The van der Waals surface area contributed by atoms with Crippen molar-refractivity contribution in [1.82, 2.24) is 4.90 Å². The fourth-order valence-electron chi connectivity index (χ4n) is 2.51. The molecule has 1 aromatic carbocycles. The maximum Gasteiger partial charge on any atom is 0.365 e. The van der Waals surface area contributed by atoms with Gasteiger partial charge in [-0.2, -0.15) is 5.10 Å². The lowest BCUT2D eigenvalue weighted by atomic mass is 10.2. The molecule has 22 heavy (non-hydrogen) atoms. The van der Waals surface area contributed by atoms with Crippen LogP contribution in [0.15, 0.2) is 28.2 Å². The molecular weight excluding hydrogens is 302 g/mol. The van der Waals surface area contributed by atoms with Crippen molar-refractivity contribution in [3.63, 3.8) is 0 Å². The zero-order valence-electron chi connectivity index (χ0n) is 12.7. The van der Waals surface area contributed by atoms with Gasteiger partial charge in [0.2, 0.25) is 5.04 Å². The standard InChI is InChI=1S/C15H19N3O3S/c1-17-12-4-3-11(10-18-5-7-21-8-6-18)9-13(12)22-14(16-17)15(19)20-2/h3-4,9H,5-8,10H2,1-2H3. The Labute approximate surface area is 134 Å². The minimum atomic E-state index is -0.402. The average molecular weight is 321 g/mol. The number of esters is 1. The molecular formula is C15H19N3O3S. The Hall–Kier alpha value is -1.57. The van der Waals surface area contributed by atoms with Crippen molar-refractivity contribution < 1.29 is 14.3 Å². The van der Waals surface area contributed by atoms with Gasteiger partial charge < -0.3 is 9.47 Å². The van der Waals surface area contributed by atoms with Crippen LogP contribution in [0.1, 0.15) is 5.56 Å². The molecule has 1 aromatic rings. The van der Waals surface area contributed by atoms with Gasteiger partial charge in [-0.25, -0.2) is 4.79 Å². The Bertz CT molecular complexity index is 600. The number of benzene rings is 1. The van der Waals surface area contributed by atoms with Crippen molar-refractivity contribution in [1.29, 1.82) is 0 Å². The number of hydrogen-bond acceptors (Lipinski definition) is 7. The van der Waals surface area contributed by atoms with Crippen molar-refractivity contribution >= 4 is 28.5 Å². The van der Waals surface area contributed by atoms with Gasteiger partial charge in [0.1, 0.15) is 0 Å². The number of morpholine rings is 1. The predicted molar refractivity (Wildman–Crippen MR) is 86.2 cm³/mol. The summed E-state index contributed by atoms with van der Waals surface area (Å²) in [6.45, 7) is 4.40. The summed E-state index contributed by atoms with van der Waals surface area (Å²) in [5.41, 5.74) is 2.23. The van der Waals surface area contributed by atoms with Gasteiger partial charge in [0.15, 0.2) is 0 Å². The van der Waals surface area contributed by atoms with E-state index in [1.165, 1.54) is 24.4 Å². The van der Waals surface area contributed by atoms with E-state index in [9.17, 15) is 4.79 Å². The van der Waals surface area contributed by atoms with E-state index in [2.05, 4.69) is 28.2 Å². The second-order valence-electron chi connectivity index (χ2n) is 5.21. The van der Waals surface area contributed by atoms with E-state index in [4.69, 9.17) is 9.47 Å². The summed E-state index contributed by atoms with van der Waals surface area (Å²) >= 11 is 1.36. The third-order valence-corrected chi connectivity index (χ3v) is 4.68. The van der Waals surface area contributed by atoms with E-state index in [0.29, 0.717) is 5.04 Å². The lowest BCUT2D eigenvalue weighted by Gasteiger charge is -2.28. The molecule has 0 spiro atoms. The molecule has 3 rings (SSSR count). The number of rotatable bonds is 3. The van der Waals surface area contributed by atoms with Crippen molar-refractivity contribution in [3.8, 4) is 0 Å². The highest BCUT2D eigenvalue weighted by Crippen LogP contribution is 2.36. The molecule has 0 bridgehead atoms. The molecule has 2 aliphatic rings. The summed E-state index contributed by atoms with van der Waals surface area (Å²) in [5, 5.41) is 6.33. The number of ether oxygens (including phenoxy) is 2. The number of thioether (sulfide) groups is 1. The minimum Gasteiger partial charge on any atom is -0.464 e. The first-order valence-corrected chi connectivity index (χ1v) is 8.00. The molecule has 118 valence electrons. The largest absolute Gasteiger partial charge is 0.464 e. The maximum atomic E-state index is 11.7. The number of hydrogen-bond donors (Lipinski definition) is 0. The van der Waals surface area contributed by atoms with Gasteiger partial charge in [0.25, 0.3) is 0 Å². The Morgan fingerprint density at radius 2 is 2.18 bits per heavy atom. The molecule has 0 unspecified atom stereocenters. The summed E-state index contributed by atoms with van der Waals surface area (Å²) in [6, 6.07) is 6.29. The second kappa shape index (κ2) is 6.68. The topological polar surface area (TPSA) is 54.4 Å². The quantitative estimate of drug-likeness (QED) is 0.787. The highest BCUT2D eigenvalue weighted by Gasteiger charge is 2.23. The Kier molecular flexibility index (Phi) is 4.66. The molecule has 0 saturated carbocycles. The second-order valence-corrected chi connectivity index (χ2v) is 6.24. The summed E-state index contributed by atoms with van der Waals surface area (Å²) in [5.74, 6) is -0.402. The number of fused-ring (bicyclic) bond motifs is 1. The smallest absolute Gasteiger partial charge is 0.365 e. The number of methoxy groups -OCH3 is 1. The van der Waals surface area contributed by atoms with Crippen molar-refractivity contribution in [3.05, 3.63) is 23.8 Å². The first-order chi connectivity index (χ1) is 10.7. The third-order valence-electron chi connectivity index (χ3n) is 3.69. The van der Waals surface area contributed by atoms with Crippen LogP contribution in [-0.2, 0) is 20.8 Å². The fraction of sp³-hybridized carbons (Fsp3) is 0.467. The van der Waals surface area contributed by atoms with E-state index >= 15 is 0 Å². The van der Waals surface area contributed by atoms with Gasteiger partial charge in [-0.1, -0.05) is 17.8 Å². The van der Waals surface area contributed by atoms with E-state index in [1.807, 2.05) is 7.05 Å². The van der Waals surface area contributed by atoms with Gasteiger partial charge in [-0.05, 0) is 17.7 Å². The molecule has 7 heteroatoms. The first kappa shape index (κ1) is 15.3. The normalized spacial score (nSPS) is 18.6. The average Bonchev–Trinajstić information content (AvgIpc) is 2.54. The third kappa shape index (κ3) is 3.26. The molecule has 1 fully saturated rings. The monoisotopic (exact) mass is 321 g/mol. The zero-order valence-corrected chi connectivity index (χ0v) is 13.6. The van der Waals surface area contributed by atoms with Crippen LogP contribution < -0.4 is 5.01 Å². The summed E-state index contributed by atoms with van der Waals surface area (Å²) in [6.07, 6.45) is 0. The lowest BCUT2D eigenvalue weighted by molar-refractivity contribution is -0.132. The van der Waals surface area contributed by atoms with Gasteiger partial charge in [-0.3, -0.25) is 9.91 Å². The van der Waals surface area contributed by atoms with Gasteiger partial charge in [0.05, 0.1) is 26.0 Å². The van der Waals surface area contributed by atoms with E-state index in [-0.39, 0.29) is 0 Å². The number of carbonyl (C=O) groups is 1. The van der Waals surface area contributed by atoms with Crippen LogP contribution in [0.3, 0.4) is 0 Å². The molecule has 6 nitrogen and oxygen atoms in total. The van der Waals surface area contributed by atoms with Crippen LogP contribution in [0.2, 0.25) is 0 Å². The van der Waals surface area contributed by atoms with Crippen molar-refractivity contribution in [2.24, 2.45) is 5.10 Å². The number of nitrogens with zero attached hydrogens (tertiary/aromatic N) is 3. The molecule has 0 aliphatic carbocycles. The lowest BCUT2D eigenvalue weighted by Crippen LogP contribution is -2.35.